The molecule has 3 heterocycles. The van der Waals surface area contributed by atoms with Crippen molar-refractivity contribution in [2.45, 2.75) is 84.5 Å². The minimum Gasteiger partial charge on any atom is -0.437 e. The molecule has 7 rings (SSSR count). The predicted molar refractivity (Wildman–Crippen MR) is 153 cm³/mol. The van der Waals surface area contributed by atoms with Gasteiger partial charge >= 0.3 is 0 Å². The highest BCUT2D eigenvalue weighted by molar-refractivity contribution is 6.11. The van der Waals surface area contributed by atoms with Crippen molar-refractivity contribution in [1.82, 2.24) is 9.97 Å². The molecule has 2 aliphatic carbocycles. The Kier molecular flexibility index (Phi) is 5.22. The zero-order valence-electron chi connectivity index (χ0n) is 22.5. The molecule has 0 bridgehead atoms. The molecule has 0 saturated heterocycles. The van der Waals surface area contributed by atoms with Crippen LogP contribution in [0, 0.1) is 19.3 Å². The molecule has 0 amide bonds. The molecule has 3 aromatic heterocycles. The molecule has 3 nitrogen and oxygen atoms in total. The molecule has 2 aromatic carbocycles. The topological polar surface area (TPSA) is 38.9 Å². The average Bonchev–Trinajstić information content (AvgIpc) is 3.61. The minimum atomic E-state index is 0.443. The van der Waals surface area contributed by atoms with Crippen LogP contribution in [0.2, 0.25) is 0 Å². The lowest BCUT2D eigenvalue weighted by Gasteiger charge is -2.20. The normalized spacial score (nSPS) is 20.1. The van der Waals surface area contributed by atoms with E-state index in [2.05, 4.69) is 74.4 Å². The van der Waals surface area contributed by atoms with E-state index in [9.17, 15) is 0 Å². The highest BCUT2D eigenvalue weighted by Gasteiger charge is 2.32. The van der Waals surface area contributed by atoms with Crippen molar-refractivity contribution >= 4 is 32.8 Å². The number of aromatic nitrogens is 2. The first-order valence-electron chi connectivity index (χ1n) is 14.1. The largest absolute Gasteiger partial charge is 0.437 e. The molecular formula is C34H36N2O. The molecule has 1 atom stereocenters. The Bertz CT molecular complexity index is 1670. The number of fused-ring (bicyclic) bond motifs is 4. The fourth-order valence-electron chi connectivity index (χ4n) is 7.20. The summed E-state index contributed by atoms with van der Waals surface area (Å²) in [4.78, 5) is 9.86. The lowest BCUT2D eigenvalue weighted by Crippen LogP contribution is -2.05. The number of hydrogen-bond donors (Lipinski definition) is 0. The number of furan rings is 1. The zero-order valence-corrected chi connectivity index (χ0v) is 22.5. The summed E-state index contributed by atoms with van der Waals surface area (Å²) in [6, 6.07) is 15.9. The van der Waals surface area contributed by atoms with Crippen LogP contribution in [-0.2, 0) is 0 Å². The monoisotopic (exact) mass is 488 g/mol. The van der Waals surface area contributed by atoms with E-state index in [-0.39, 0.29) is 0 Å². The van der Waals surface area contributed by atoms with E-state index in [4.69, 9.17) is 9.40 Å². The van der Waals surface area contributed by atoms with Gasteiger partial charge in [0.05, 0.1) is 5.69 Å². The van der Waals surface area contributed by atoms with E-state index in [0.717, 1.165) is 33.3 Å². The summed E-state index contributed by atoms with van der Waals surface area (Å²) in [5.74, 6) is 1.28. The van der Waals surface area contributed by atoms with Gasteiger partial charge in [0.1, 0.15) is 5.58 Å². The van der Waals surface area contributed by atoms with E-state index >= 15 is 0 Å². The van der Waals surface area contributed by atoms with E-state index < -0.39 is 0 Å². The summed E-state index contributed by atoms with van der Waals surface area (Å²) >= 11 is 0. The second-order valence-electron chi connectivity index (χ2n) is 12.5. The molecule has 0 aliphatic heterocycles. The van der Waals surface area contributed by atoms with Gasteiger partial charge < -0.3 is 4.42 Å². The second kappa shape index (κ2) is 8.41. The standard InChI is InChI=1S/C34H36N2O/c1-20-15-28-26-11-9-21(2)36-33(26)37-32(28)29(16-20)31-25-12-10-23(24-13-14-34(3,4)18-24)17-27(25)30(19-35-31)22-7-5-6-8-22/h9-12,15-17,19,22,24H,5-8,13-14,18H2,1-4H3. The first kappa shape index (κ1) is 23.0. The molecule has 2 fully saturated rings. The molecule has 0 N–H and O–H groups in total. The van der Waals surface area contributed by atoms with E-state index in [0.29, 0.717) is 23.0 Å². The van der Waals surface area contributed by atoms with Gasteiger partial charge in [0.15, 0.2) is 0 Å². The minimum absolute atomic E-state index is 0.443. The van der Waals surface area contributed by atoms with Crippen molar-refractivity contribution in [2.24, 2.45) is 5.41 Å². The van der Waals surface area contributed by atoms with Crippen molar-refractivity contribution in [2.75, 3.05) is 0 Å². The number of nitrogens with zero attached hydrogens (tertiary/aromatic N) is 2. The molecule has 37 heavy (non-hydrogen) atoms. The second-order valence-corrected chi connectivity index (χ2v) is 12.5. The Hall–Kier alpha value is -3.20. The molecule has 5 aromatic rings. The number of rotatable bonds is 3. The van der Waals surface area contributed by atoms with Gasteiger partial charge in [-0.2, -0.15) is 0 Å². The van der Waals surface area contributed by atoms with Crippen LogP contribution < -0.4 is 0 Å². The van der Waals surface area contributed by atoms with E-state index in [1.807, 2.05) is 6.92 Å². The van der Waals surface area contributed by atoms with Crippen LogP contribution in [0.1, 0.15) is 93.0 Å². The maximum Gasteiger partial charge on any atom is 0.227 e. The van der Waals surface area contributed by atoms with Crippen LogP contribution in [0.25, 0.3) is 44.1 Å². The van der Waals surface area contributed by atoms with E-state index in [1.165, 1.54) is 72.4 Å². The Morgan fingerprint density at radius 3 is 2.43 bits per heavy atom. The Morgan fingerprint density at radius 1 is 0.838 bits per heavy atom. The molecule has 3 heteroatoms. The van der Waals surface area contributed by atoms with Crippen LogP contribution in [0.5, 0.6) is 0 Å². The predicted octanol–water partition coefficient (Wildman–Crippen LogP) is 9.76. The molecule has 0 radical (unpaired) electrons. The van der Waals surface area contributed by atoms with Crippen molar-refractivity contribution in [3.05, 3.63) is 71.0 Å². The van der Waals surface area contributed by atoms with Gasteiger partial charge in [-0.05, 0) is 110 Å². The quantitative estimate of drug-likeness (QED) is 0.254. The van der Waals surface area contributed by atoms with Crippen molar-refractivity contribution in [3.8, 4) is 11.3 Å². The summed E-state index contributed by atoms with van der Waals surface area (Å²) < 4.78 is 6.43. The van der Waals surface area contributed by atoms with Crippen LogP contribution in [-0.4, -0.2) is 9.97 Å². The van der Waals surface area contributed by atoms with Gasteiger partial charge in [0, 0.05) is 33.6 Å². The maximum atomic E-state index is 6.43. The molecule has 0 spiro atoms. The van der Waals surface area contributed by atoms with Gasteiger partial charge in [-0.1, -0.05) is 44.9 Å². The summed E-state index contributed by atoms with van der Waals surface area (Å²) in [6.45, 7) is 9.02. The van der Waals surface area contributed by atoms with Gasteiger partial charge in [-0.25, -0.2) is 4.98 Å². The van der Waals surface area contributed by atoms with Crippen LogP contribution in [0.3, 0.4) is 0 Å². The van der Waals surface area contributed by atoms with Crippen LogP contribution >= 0.6 is 0 Å². The lowest BCUT2D eigenvalue weighted by molar-refractivity contribution is 0.376. The van der Waals surface area contributed by atoms with Crippen LogP contribution in [0.4, 0.5) is 0 Å². The number of benzene rings is 2. The van der Waals surface area contributed by atoms with Gasteiger partial charge in [-0.3, -0.25) is 4.98 Å². The number of aryl methyl sites for hydroxylation is 2. The fraction of sp³-hybridized carbons (Fsp3) is 0.412. The van der Waals surface area contributed by atoms with Gasteiger partial charge in [0.25, 0.3) is 0 Å². The third kappa shape index (κ3) is 3.86. The Labute approximate surface area is 219 Å². The van der Waals surface area contributed by atoms with Crippen molar-refractivity contribution < 1.29 is 4.42 Å². The third-order valence-electron chi connectivity index (χ3n) is 9.15. The summed E-state index contributed by atoms with van der Waals surface area (Å²) in [6.07, 6.45) is 11.3. The van der Waals surface area contributed by atoms with Gasteiger partial charge in [-0.15, -0.1) is 0 Å². The highest BCUT2D eigenvalue weighted by atomic mass is 16.3. The highest BCUT2D eigenvalue weighted by Crippen LogP contribution is 2.48. The molecule has 2 saturated carbocycles. The Morgan fingerprint density at radius 2 is 1.65 bits per heavy atom. The average molecular weight is 489 g/mol. The Balaban J connectivity index is 1.46. The van der Waals surface area contributed by atoms with Crippen molar-refractivity contribution in [1.29, 1.82) is 0 Å². The molecule has 188 valence electrons. The van der Waals surface area contributed by atoms with Crippen molar-refractivity contribution in [3.63, 3.8) is 0 Å². The summed E-state index contributed by atoms with van der Waals surface area (Å²) in [5.41, 5.74) is 9.28. The van der Waals surface area contributed by atoms with E-state index in [1.54, 1.807) is 0 Å². The first-order chi connectivity index (χ1) is 17.9. The fourth-order valence-corrected chi connectivity index (χ4v) is 7.20. The maximum absolute atomic E-state index is 6.43. The molecule has 1 unspecified atom stereocenters. The lowest BCUT2D eigenvalue weighted by atomic mass is 9.86. The van der Waals surface area contributed by atoms with Crippen LogP contribution in [0.15, 0.2) is 53.1 Å². The number of pyridine rings is 2. The smallest absolute Gasteiger partial charge is 0.227 e. The summed E-state index contributed by atoms with van der Waals surface area (Å²) in [7, 11) is 0. The third-order valence-corrected chi connectivity index (χ3v) is 9.15. The first-order valence-corrected chi connectivity index (χ1v) is 14.1. The summed E-state index contributed by atoms with van der Waals surface area (Å²) in [5, 5.41) is 4.85. The molecular weight excluding hydrogens is 452 g/mol. The molecule has 2 aliphatic rings. The van der Waals surface area contributed by atoms with Gasteiger partial charge in [0.2, 0.25) is 5.71 Å². The number of hydrogen-bond acceptors (Lipinski definition) is 3. The SMILES string of the molecule is Cc1cc(-c2ncc(C3CCCC3)c3cc(C4CCC(C)(C)C4)ccc23)c2oc3nc(C)ccc3c2c1. The zero-order chi connectivity index (χ0) is 25.3.